The molecule has 0 bridgehead atoms. The summed E-state index contributed by atoms with van der Waals surface area (Å²) in [7, 11) is 1.61. The minimum Gasteiger partial charge on any atom is -0.481 e. The highest BCUT2D eigenvalue weighted by atomic mass is 32.1. The molecule has 1 aromatic carbocycles. The number of anilines is 1. The van der Waals surface area contributed by atoms with Crippen LogP contribution in [0, 0.1) is 0 Å². The van der Waals surface area contributed by atoms with E-state index in [2.05, 4.69) is 26.8 Å². The van der Waals surface area contributed by atoms with Crippen LogP contribution in [0.4, 0.5) is 5.82 Å². The quantitative estimate of drug-likeness (QED) is 0.731. The Kier molecular flexibility index (Phi) is 4.50. The van der Waals surface area contributed by atoms with Gasteiger partial charge in [-0.25, -0.2) is 0 Å². The van der Waals surface area contributed by atoms with Crippen molar-refractivity contribution in [1.82, 2.24) is 9.36 Å². The molecule has 0 aliphatic heterocycles. The van der Waals surface area contributed by atoms with Gasteiger partial charge < -0.3 is 15.8 Å². The molecule has 22 heavy (non-hydrogen) atoms. The number of nitrogens with zero attached hydrogens (tertiary/aromatic N) is 2. The molecule has 0 radical (unpaired) electrons. The van der Waals surface area contributed by atoms with Gasteiger partial charge in [0, 0.05) is 18.0 Å². The molecular weight excluding hydrogens is 296 g/mol. The van der Waals surface area contributed by atoms with Gasteiger partial charge in [0.05, 0.1) is 23.5 Å². The Bertz CT molecular complexity index is 758. The minimum atomic E-state index is -0.0887. The number of benzene rings is 1. The van der Waals surface area contributed by atoms with Gasteiger partial charge in [0.1, 0.15) is 5.82 Å². The number of nitrogens with one attached hydrogen (secondary N) is 1. The molecule has 2 heterocycles. The number of rotatable bonds is 6. The average Bonchev–Trinajstić information content (AvgIpc) is 2.99. The molecule has 0 aliphatic rings. The van der Waals surface area contributed by atoms with Crippen LogP contribution in [0.1, 0.15) is 18.2 Å². The summed E-state index contributed by atoms with van der Waals surface area (Å²) in [4.78, 5) is 4.31. The summed E-state index contributed by atoms with van der Waals surface area (Å²) in [6.45, 7) is 0.729. The molecule has 0 saturated heterocycles. The molecule has 0 amide bonds. The SMILES string of the molecule is COc1cccc(NCCC(N)c2nsc3ccccc23)n1. The van der Waals surface area contributed by atoms with Gasteiger partial charge in [-0.3, -0.25) is 0 Å². The van der Waals surface area contributed by atoms with E-state index in [0.29, 0.717) is 5.88 Å². The van der Waals surface area contributed by atoms with E-state index in [1.165, 1.54) is 16.2 Å². The number of hydrogen-bond acceptors (Lipinski definition) is 6. The summed E-state index contributed by atoms with van der Waals surface area (Å²) < 4.78 is 10.8. The summed E-state index contributed by atoms with van der Waals surface area (Å²) in [5, 5.41) is 4.42. The lowest BCUT2D eigenvalue weighted by Gasteiger charge is -2.11. The standard InChI is InChI=1S/C16H18N4OS/c1-21-15-8-4-7-14(19-15)18-10-9-12(17)16-11-5-2-3-6-13(11)22-20-16/h2-8,12H,9-10,17H2,1H3,(H,18,19). The third-order valence-corrected chi connectivity index (χ3v) is 4.29. The van der Waals surface area contributed by atoms with E-state index in [1.54, 1.807) is 7.11 Å². The highest BCUT2D eigenvalue weighted by molar-refractivity contribution is 7.13. The Balaban J connectivity index is 1.61. The van der Waals surface area contributed by atoms with E-state index < -0.39 is 0 Å². The van der Waals surface area contributed by atoms with Gasteiger partial charge in [-0.1, -0.05) is 24.3 Å². The number of ether oxygens (including phenoxy) is 1. The van der Waals surface area contributed by atoms with Crippen LogP contribution in [0.5, 0.6) is 5.88 Å². The zero-order valence-electron chi connectivity index (χ0n) is 12.3. The molecular formula is C16H18N4OS. The van der Waals surface area contributed by atoms with Crippen molar-refractivity contribution in [3.8, 4) is 5.88 Å². The van der Waals surface area contributed by atoms with Gasteiger partial charge in [-0.2, -0.15) is 9.36 Å². The Labute approximate surface area is 133 Å². The summed E-state index contributed by atoms with van der Waals surface area (Å²) in [6.07, 6.45) is 0.784. The Morgan fingerprint density at radius 2 is 2.09 bits per heavy atom. The lowest BCUT2D eigenvalue weighted by Crippen LogP contribution is -2.16. The summed E-state index contributed by atoms with van der Waals surface area (Å²) in [5.74, 6) is 1.38. The fourth-order valence-corrected chi connectivity index (χ4v) is 3.13. The second-order valence-electron chi connectivity index (χ2n) is 4.95. The molecule has 1 unspecified atom stereocenters. The zero-order chi connectivity index (χ0) is 15.4. The van der Waals surface area contributed by atoms with Crippen molar-refractivity contribution in [2.45, 2.75) is 12.5 Å². The topological polar surface area (TPSA) is 73.1 Å². The van der Waals surface area contributed by atoms with E-state index in [4.69, 9.17) is 10.5 Å². The van der Waals surface area contributed by atoms with Crippen LogP contribution >= 0.6 is 11.5 Å². The predicted octanol–water partition coefficient (Wildman–Crippen LogP) is 3.20. The molecule has 0 aliphatic carbocycles. The van der Waals surface area contributed by atoms with Crippen molar-refractivity contribution >= 4 is 27.4 Å². The number of nitrogens with two attached hydrogens (primary N) is 1. The first-order valence-corrected chi connectivity index (χ1v) is 7.90. The molecule has 0 fully saturated rings. The molecule has 1 atom stereocenters. The molecule has 114 valence electrons. The number of methoxy groups -OCH3 is 1. The zero-order valence-corrected chi connectivity index (χ0v) is 13.1. The highest BCUT2D eigenvalue weighted by Crippen LogP contribution is 2.27. The lowest BCUT2D eigenvalue weighted by atomic mass is 10.1. The van der Waals surface area contributed by atoms with E-state index >= 15 is 0 Å². The van der Waals surface area contributed by atoms with Crippen LogP contribution in [-0.2, 0) is 0 Å². The normalized spacial score (nSPS) is 12.3. The van der Waals surface area contributed by atoms with Gasteiger partial charge in [-0.05, 0) is 30.1 Å². The maximum Gasteiger partial charge on any atom is 0.214 e. The molecule has 2 aromatic heterocycles. The van der Waals surface area contributed by atoms with Crippen LogP contribution in [-0.4, -0.2) is 23.0 Å². The third-order valence-electron chi connectivity index (χ3n) is 3.45. The van der Waals surface area contributed by atoms with Crippen molar-refractivity contribution in [3.63, 3.8) is 0 Å². The predicted molar refractivity (Wildman–Crippen MR) is 90.4 cm³/mol. The van der Waals surface area contributed by atoms with E-state index in [9.17, 15) is 0 Å². The van der Waals surface area contributed by atoms with Crippen molar-refractivity contribution in [2.75, 3.05) is 19.0 Å². The van der Waals surface area contributed by atoms with Gasteiger partial charge >= 0.3 is 0 Å². The van der Waals surface area contributed by atoms with E-state index in [1.807, 2.05) is 30.3 Å². The molecule has 6 heteroatoms. The maximum atomic E-state index is 6.28. The maximum absolute atomic E-state index is 6.28. The monoisotopic (exact) mass is 314 g/mol. The van der Waals surface area contributed by atoms with Gasteiger partial charge in [0.25, 0.3) is 0 Å². The first kappa shape index (κ1) is 14.7. The molecule has 3 aromatic rings. The summed E-state index contributed by atoms with van der Waals surface area (Å²) in [6, 6.07) is 13.7. The highest BCUT2D eigenvalue weighted by Gasteiger charge is 2.13. The Morgan fingerprint density at radius 3 is 2.95 bits per heavy atom. The molecule has 5 nitrogen and oxygen atoms in total. The van der Waals surface area contributed by atoms with E-state index in [0.717, 1.165) is 29.9 Å². The second kappa shape index (κ2) is 6.72. The van der Waals surface area contributed by atoms with Crippen molar-refractivity contribution in [2.24, 2.45) is 5.73 Å². The smallest absolute Gasteiger partial charge is 0.214 e. The average molecular weight is 314 g/mol. The first-order valence-electron chi connectivity index (χ1n) is 7.13. The summed E-state index contributed by atoms with van der Waals surface area (Å²) >= 11 is 1.50. The fourth-order valence-electron chi connectivity index (χ4n) is 2.29. The van der Waals surface area contributed by atoms with Crippen LogP contribution in [0.2, 0.25) is 0 Å². The lowest BCUT2D eigenvalue weighted by molar-refractivity contribution is 0.398. The summed E-state index contributed by atoms with van der Waals surface area (Å²) in [5.41, 5.74) is 7.26. The van der Waals surface area contributed by atoms with Gasteiger partial charge in [-0.15, -0.1) is 0 Å². The Morgan fingerprint density at radius 1 is 1.23 bits per heavy atom. The van der Waals surface area contributed by atoms with Gasteiger partial charge in [0.2, 0.25) is 5.88 Å². The molecule has 3 rings (SSSR count). The first-order chi connectivity index (χ1) is 10.8. The van der Waals surface area contributed by atoms with Crippen molar-refractivity contribution in [3.05, 3.63) is 48.2 Å². The van der Waals surface area contributed by atoms with Crippen LogP contribution in [0.25, 0.3) is 10.1 Å². The van der Waals surface area contributed by atoms with Gasteiger partial charge in [0.15, 0.2) is 0 Å². The number of hydrogen-bond donors (Lipinski definition) is 2. The second-order valence-corrected chi connectivity index (χ2v) is 5.76. The fraction of sp³-hybridized carbons (Fsp3) is 0.250. The molecule has 3 N–H and O–H groups in total. The van der Waals surface area contributed by atoms with Crippen LogP contribution in [0.15, 0.2) is 42.5 Å². The molecule has 0 spiro atoms. The number of fused-ring (bicyclic) bond motifs is 1. The largest absolute Gasteiger partial charge is 0.481 e. The Hall–Kier alpha value is -2.18. The van der Waals surface area contributed by atoms with Crippen LogP contribution in [0.3, 0.4) is 0 Å². The number of aromatic nitrogens is 2. The van der Waals surface area contributed by atoms with Crippen molar-refractivity contribution in [1.29, 1.82) is 0 Å². The van der Waals surface area contributed by atoms with E-state index in [-0.39, 0.29) is 6.04 Å². The van der Waals surface area contributed by atoms with Crippen LogP contribution < -0.4 is 15.8 Å². The third kappa shape index (κ3) is 3.18. The minimum absolute atomic E-state index is 0.0887. The number of pyridine rings is 1. The van der Waals surface area contributed by atoms with Crippen molar-refractivity contribution < 1.29 is 4.74 Å². The molecule has 0 saturated carbocycles.